The van der Waals surface area contributed by atoms with E-state index in [9.17, 15) is 14.7 Å². The Hall–Kier alpha value is -2.73. The fourth-order valence-electron chi connectivity index (χ4n) is 2.21. The number of nitrogens with zero attached hydrogens (tertiary/aromatic N) is 1. The minimum atomic E-state index is -0.409. The first-order chi connectivity index (χ1) is 11.1. The van der Waals surface area contributed by atoms with Crippen molar-refractivity contribution >= 4 is 34.7 Å². The van der Waals surface area contributed by atoms with Gasteiger partial charge in [-0.1, -0.05) is 18.2 Å². The Labute approximate surface area is 137 Å². The zero-order valence-electron chi connectivity index (χ0n) is 12.2. The second-order valence-electron chi connectivity index (χ2n) is 4.81. The highest BCUT2D eigenvalue weighted by Gasteiger charge is 2.36. The molecule has 0 saturated carbocycles. The van der Waals surface area contributed by atoms with E-state index in [-0.39, 0.29) is 5.75 Å². The number of ether oxygens (including phenoxy) is 1. The predicted octanol–water partition coefficient (Wildman–Crippen LogP) is 3.64. The van der Waals surface area contributed by atoms with Gasteiger partial charge in [-0.3, -0.25) is 9.59 Å². The summed E-state index contributed by atoms with van der Waals surface area (Å²) in [6, 6.07) is 13.3. The number of rotatable bonds is 3. The Morgan fingerprint density at radius 3 is 2.65 bits per heavy atom. The SMILES string of the molecule is COc1cccc(C=C2SC(=O)N(c3cccc(O)c3)C2=O)c1. The van der Waals surface area contributed by atoms with Gasteiger partial charge in [0.05, 0.1) is 17.7 Å². The molecule has 0 spiro atoms. The number of anilines is 1. The number of phenols is 1. The molecule has 1 aliphatic heterocycles. The van der Waals surface area contributed by atoms with Gasteiger partial charge in [0.25, 0.3) is 11.1 Å². The van der Waals surface area contributed by atoms with Gasteiger partial charge in [0.15, 0.2) is 0 Å². The number of carbonyl (C=O) groups excluding carboxylic acids is 2. The molecule has 1 saturated heterocycles. The first-order valence-electron chi connectivity index (χ1n) is 6.79. The van der Waals surface area contributed by atoms with Crippen molar-refractivity contribution in [2.45, 2.75) is 0 Å². The standard InChI is InChI=1S/C17H13NO4S/c1-22-14-7-2-4-11(8-14)9-15-16(20)18(17(21)23-15)12-5-3-6-13(19)10-12/h2-10,19H,1H3. The number of methoxy groups -OCH3 is 1. The summed E-state index contributed by atoms with van der Waals surface area (Å²) >= 11 is 0.867. The van der Waals surface area contributed by atoms with Gasteiger partial charge in [-0.05, 0) is 47.7 Å². The molecule has 2 aromatic carbocycles. The van der Waals surface area contributed by atoms with Crippen molar-refractivity contribution in [3.8, 4) is 11.5 Å². The number of hydrogen-bond acceptors (Lipinski definition) is 5. The minimum Gasteiger partial charge on any atom is -0.508 e. The topological polar surface area (TPSA) is 66.8 Å². The molecule has 23 heavy (non-hydrogen) atoms. The van der Waals surface area contributed by atoms with Crippen LogP contribution in [0.1, 0.15) is 5.56 Å². The van der Waals surface area contributed by atoms with Crippen molar-refractivity contribution in [1.82, 2.24) is 0 Å². The minimum absolute atomic E-state index is 0.00155. The Bertz CT molecular complexity index is 816. The molecule has 2 amide bonds. The van der Waals surface area contributed by atoms with E-state index in [1.54, 1.807) is 37.5 Å². The summed E-state index contributed by atoms with van der Waals surface area (Å²) in [5.74, 6) is 0.262. The van der Waals surface area contributed by atoms with Crippen molar-refractivity contribution in [3.05, 3.63) is 59.0 Å². The lowest BCUT2D eigenvalue weighted by atomic mass is 10.2. The number of thioether (sulfide) groups is 1. The predicted molar refractivity (Wildman–Crippen MR) is 89.6 cm³/mol. The van der Waals surface area contributed by atoms with E-state index in [0.29, 0.717) is 16.3 Å². The van der Waals surface area contributed by atoms with Crippen LogP contribution in [-0.4, -0.2) is 23.4 Å². The Morgan fingerprint density at radius 1 is 1.13 bits per heavy atom. The van der Waals surface area contributed by atoms with Crippen LogP contribution in [0.15, 0.2) is 53.4 Å². The maximum Gasteiger partial charge on any atom is 0.298 e. The molecule has 1 fully saturated rings. The van der Waals surface area contributed by atoms with Gasteiger partial charge in [0, 0.05) is 6.07 Å². The lowest BCUT2D eigenvalue weighted by Gasteiger charge is -2.12. The molecule has 1 aliphatic rings. The average molecular weight is 327 g/mol. The first kappa shape index (κ1) is 15.2. The smallest absolute Gasteiger partial charge is 0.298 e. The van der Waals surface area contributed by atoms with Gasteiger partial charge in [-0.2, -0.15) is 0 Å². The Morgan fingerprint density at radius 2 is 1.91 bits per heavy atom. The Kier molecular flexibility index (Phi) is 4.08. The van der Waals surface area contributed by atoms with Gasteiger partial charge >= 0.3 is 0 Å². The van der Waals surface area contributed by atoms with E-state index in [0.717, 1.165) is 22.2 Å². The van der Waals surface area contributed by atoms with Gasteiger partial charge in [0.2, 0.25) is 0 Å². The quantitative estimate of drug-likeness (QED) is 0.872. The van der Waals surface area contributed by atoms with Crippen LogP contribution in [0, 0.1) is 0 Å². The first-order valence-corrected chi connectivity index (χ1v) is 7.61. The molecule has 0 radical (unpaired) electrons. The zero-order valence-corrected chi connectivity index (χ0v) is 13.0. The van der Waals surface area contributed by atoms with E-state index < -0.39 is 11.1 Å². The highest BCUT2D eigenvalue weighted by atomic mass is 32.2. The maximum atomic E-state index is 12.5. The van der Waals surface area contributed by atoms with Crippen LogP contribution in [0.25, 0.3) is 6.08 Å². The van der Waals surface area contributed by atoms with E-state index >= 15 is 0 Å². The van der Waals surface area contributed by atoms with Crippen LogP contribution >= 0.6 is 11.8 Å². The third-order valence-electron chi connectivity index (χ3n) is 3.27. The molecular weight excluding hydrogens is 314 g/mol. The van der Waals surface area contributed by atoms with E-state index in [2.05, 4.69) is 0 Å². The fraction of sp³-hybridized carbons (Fsp3) is 0.0588. The van der Waals surface area contributed by atoms with Gasteiger partial charge in [-0.25, -0.2) is 4.90 Å². The zero-order chi connectivity index (χ0) is 16.4. The normalized spacial score (nSPS) is 16.2. The maximum absolute atomic E-state index is 12.5. The molecule has 0 atom stereocenters. The summed E-state index contributed by atoms with van der Waals surface area (Å²) in [6.45, 7) is 0. The average Bonchev–Trinajstić information content (AvgIpc) is 2.81. The van der Waals surface area contributed by atoms with Crippen LogP contribution in [-0.2, 0) is 4.79 Å². The summed E-state index contributed by atoms with van der Waals surface area (Å²) in [5.41, 5.74) is 1.12. The summed E-state index contributed by atoms with van der Waals surface area (Å²) in [4.78, 5) is 26.0. The van der Waals surface area contributed by atoms with Crippen molar-refractivity contribution in [3.63, 3.8) is 0 Å². The number of hydrogen-bond donors (Lipinski definition) is 1. The molecule has 0 bridgehead atoms. The molecule has 3 rings (SSSR count). The number of benzene rings is 2. The highest BCUT2D eigenvalue weighted by Crippen LogP contribution is 2.36. The van der Waals surface area contributed by atoms with E-state index in [1.807, 2.05) is 12.1 Å². The van der Waals surface area contributed by atoms with Crippen molar-refractivity contribution in [2.75, 3.05) is 12.0 Å². The van der Waals surface area contributed by atoms with E-state index in [1.165, 1.54) is 12.1 Å². The van der Waals surface area contributed by atoms with Gasteiger partial charge in [0.1, 0.15) is 11.5 Å². The summed E-state index contributed by atoms with van der Waals surface area (Å²) in [7, 11) is 1.56. The monoisotopic (exact) mass is 327 g/mol. The number of aromatic hydroxyl groups is 1. The second kappa shape index (κ2) is 6.18. The summed E-state index contributed by atoms with van der Waals surface area (Å²) < 4.78 is 5.14. The van der Waals surface area contributed by atoms with Crippen LogP contribution in [0.5, 0.6) is 11.5 Å². The molecule has 6 heteroatoms. The van der Waals surface area contributed by atoms with Crippen LogP contribution in [0.3, 0.4) is 0 Å². The van der Waals surface area contributed by atoms with E-state index in [4.69, 9.17) is 4.74 Å². The lowest BCUT2D eigenvalue weighted by molar-refractivity contribution is -0.113. The third kappa shape index (κ3) is 3.07. The number of carbonyl (C=O) groups is 2. The largest absolute Gasteiger partial charge is 0.508 e. The van der Waals surface area contributed by atoms with Crippen molar-refractivity contribution < 1.29 is 19.4 Å². The molecular formula is C17H13NO4S. The van der Waals surface area contributed by atoms with Gasteiger partial charge in [-0.15, -0.1) is 0 Å². The molecule has 0 aliphatic carbocycles. The second-order valence-corrected chi connectivity index (χ2v) is 5.81. The van der Waals surface area contributed by atoms with Crippen LogP contribution in [0.2, 0.25) is 0 Å². The number of amides is 2. The number of phenolic OH excluding ortho intramolecular Hbond substituents is 1. The van der Waals surface area contributed by atoms with Crippen LogP contribution < -0.4 is 9.64 Å². The summed E-state index contributed by atoms with van der Waals surface area (Å²) in [6.07, 6.45) is 1.65. The number of imide groups is 1. The highest BCUT2D eigenvalue weighted by molar-refractivity contribution is 8.19. The molecule has 0 aromatic heterocycles. The Balaban J connectivity index is 1.93. The molecule has 1 heterocycles. The van der Waals surface area contributed by atoms with Crippen molar-refractivity contribution in [2.24, 2.45) is 0 Å². The molecule has 1 N–H and O–H groups in total. The molecule has 5 nitrogen and oxygen atoms in total. The summed E-state index contributed by atoms with van der Waals surface area (Å²) in [5, 5.41) is 9.13. The fourth-order valence-corrected chi connectivity index (χ4v) is 3.05. The van der Waals surface area contributed by atoms with Crippen LogP contribution in [0.4, 0.5) is 10.5 Å². The molecule has 2 aromatic rings. The van der Waals surface area contributed by atoms with Gasteiger partial charge < -0.3 is 9.84 Å². The lowest BCUT2D eigenvalue weighted by Crippen LogP contribution is -2.27. The molecule has 116 valence electrons. The third-order valence-corrected chi connectivity index (χ3v) is 4.14. The van der Waals surface area contributed by atoms with Crippen molar-refractivity contribution in [1.29, 1.82) is 0 Å². The molecule has 0 unspecified atom stereocenters.